The fraction of sp³-hybridized carbons (Fsp3) is 0.133. The zero-order valence-corrected chi connectivity index (χ0v) is 14.4. The summed E-state index contributed by atoms with van der Waals surface area (Å²) in [5.41, 5.74) is 1.66. The summed E-state index contributed by atoms with van der Waals surface area (Å²) in [6, 6.07) is 6.49. The van der Waals surface area contributed by atoms with Gasteiger partial charge in [0.25, 0.3) is 5.91 Å². The summed E-state index contributed by atoms with van der Waals surface area (Å²) in [5.74, 6) is -1.12. The molecular formula is C15H11Cl2N5O3. The Kier molecular flexibility index (Phi) is 4.82. The number of nitrogens with one attached hydrogen (secondary N) is 1. The van der Waals surface area contributed by atoms with Crippen LogP contribution in [0.2, 0.25) is 10.0 Å². The van der Waals surface area contributed by atoms with Crippen LogP contribution < -0.4 is 5.32 Å². The van der Waals surface area contributed by atoms with Crippen molar-refractivity contribution in [1.82, 2.24) is 25.1 Å². The van der Waals surface area contributed by atoms with Crippen molar-refractivity contribution in [2.24, 2.45) is 0 Å². The van der Waals surface area contributed by atoms with Crippen molar-refractivity contribution in [3.63, 3.8) is 0 Å². The quantitative estimate of drug-likeness (QED) is 0.696. The summed E-state index contributed by atoms with van der Waals surface area (Å²) in [6.45, 7) is -0.270. The first-order valence-electron chi connectivity index (χ1n) is 7.01. The summed E-state index contributed by atoms with van der Waals surface area (Å²) >= 11 is 12.2. The molecule has 1 amide bonds. The number of hydrogen-bond acceptors (Lipinski definition) is 6. The van der Waals surface area contributed by atoms with E-state index in [-0.39, 0.29) is 12.2 Å². The number of rotatable bonds is 4. The highest BCUT2D eigenvalue weighted by Gasteiger charge is 2.17. The molecule has 0 unspecified atom stereocenters. The molecule has 2 aromatic heterocycles. The number of amides is 1. The van der Waals surface area contributed by atoms with Gasteiger partial charge in [-0.2, -0.15) is 9.61 Å². The van der Waals surface area contributed by atoms with E-state index in [0.29, 0.717) is 26.8 Å². The SMILES string of the molecule is COC(=O)CNC(=O)c1cc(-c2ccc(Cl)cc2Cl)c2nncn2n1. The molecule has 0 saturated heterocycles. The number of carbonyl (C=O) groups is 2. The third-order valence-corrected chi connectivity index (χ3v) is 3.89. The van der Waals surface area contributed by atoms with Gasteiger partial charge in [0.1, 0.15) is 18.6 Å². The van der Waals surface area contributed by atoms with Crippen molar-refractivity contribution < 1.29 is 14.3 Å². The Hall–Kier alpha value is -2.71. The van der Waals surface area contributed by atoms with Crippen LogP contribution in [0.3, 0.4) is 0 Å². The maximum atomic E-state index is 12.3. The van der Waals surface area contributed by atoms with Crippen molar-refractivity contribution >= 4 is 40.7 Å². The van der Waals surface area contributed by atoms with Crippen LogP contribution in [-0.4, -0.2) is 45.3 Å². The van der Waals surface area contributed by atoms with Crippen LogP contribution in [0.15, 0.2) is 30.6 Å². The molecule has 0 aliphatic rings. The maximum Gasteiger partial charge on any atom is 0.325 e. The Morgan fingerprint density at radius 3 is 2.76 bits per heavy atom. The summed E-state index contributed by atoms with van der Waals surface area (Å²) in [5, 5.41) is 15.2. The van der Waals surface area contributed by atoms with Crippen molar-refractivity contribution in [2.45, 2.75) is 0 Å². The Morgan fingerprint density at radius 2 is 2.04 bits per heavy atom. The van der Waals surface area contributed by atoms with Gasteiger partial charge in [-0.3, -0.25) is 9.59 Å². The van der Waals surface area contributed by atoms with Gasteiger partial charge in [-0.25, -0.2) is 0 Å². The monoisotopic (exact) mass is 379 g/mol. The molecule has 0 bridgehead atoms. The molecule has 0 radical (unpaired) electrons. The molecule has 0 atom stereocenters. The van der Waals surface area contributed by atoms with E-state index in [1.165, 1.54) is 24.0 Å². The molecule has 1 aromatic carbocycles. The number of ether oxygens (including phenoxy) is 1. The molecule has 0 aliphatic heterocycles. The predicted octanol–water partition coefficient (Wildman–Crippen LogP) is 2.00. The van der Waals surface area contributed by atoms with E-state index < -0.39 is 11.9 Å². The molecule has 1 N–H and O–H groups in total. The Labute approximate surface area is 151 Å². The molecule has 0 saturated carbocycles. The number of carbonyl (C=O) groups excluding carboxylic acids is 2. The highest BCUT2D eigenvalue weighted by Crippen LogP contribution is 2.32. The minimum Gasteiger partial charge on any atom is -0.468 e. The third-order valence-electron chi connectivity index (χ3n) is 3.34. The number of aromatic nitrogens is 4. The van der Waals surface area contributed by atoms with Crippen molar-refractivity contribution in [2.75, 3.05) is 13.7 Å². The number of hydrogen-bond donors (Lipinski definition) is 1. The number of nitrogens with zero attached hydrogens (tertiary/aromatic N) is 4. The van der Waals surface area contributed by atoms with Crippen LogP contribution in [0.1, 0.15) is 10.5 Å². The minimum absolute atomic E-state index is 0.0669. The molecule has 0 spiro atoms. The van der Waals surface area contributed by atoms with Gasteiger partial charge in [0.2, 0.25) is 0 Å². The van der Waals surface area contributed by atoms with Crippen LogP contribution in [0.4, 0.5) is 0 Å². The van der Waals surface area contributed by atoms with E-state index in [9.17, 15) is 9.59 Å². The lowest BCUT2D eigenvalue weighted by Gasteiger charge is -2.09. The molecule has 8 nitrogen and oxygen atoms in total. The largest absolute Gasteiger partial charge is 0.468 e. The van der Waals surface area contributed by atoms with Crippen LogP contribution >= 0.6 is 23.2 Å². The molecule has 3 rings (SSSR count). The van der Waals surface area contributed by atoms with Gasteiger partial charge in [0.15, 0.2) is 5.65 Å². The van der Waals surface area contributed by atoms with Crippen LogP contribution in [-0.2, 0) is 9.53 Å². The smallest absolute Gasteiger partial charge is 0.325 e. The van der Waals surface area contributed by atoms with E-state index in [0.717, 1.165) is 0 Å². The van der Waals surface area contributed by atoms with Crippen LogP contribution in [0.25, 0.3) is 16.8 Å². The van der Waals surface area contributed by atoms with Gasteiger partial charge in [-0.1, -0.05) is 29.3 Å². The first kappa shape index (κ1) is 17.1. The first-order valence-corrected chi connectivity index (χ1v) is 7.76. The number of benzene rings is 1. The molecule has 0 fully saturated rings. The third kappa shape index (κ3) is 3.54. The maximum absolute atomic E-state index is 12.3. The zero-order chi connectivity index (χ0) is 18.0. The molecular weight excluding hydrogens is 369 g/mol. The normalized spacial score (nSPS) is 10.7. The van der Waals surface area contributed by atoms with Gasteiger partial charge in [-0.15, -0.1) is 10.2 Å². The number of fused-ring (bicyclic) bond motifs is 1. The van der Waals surface area contributed by atoms with E-state index in [1.807, 2.05) is 0 Å². The Morgan fingerprint density at radius 1 is 1.24 bits per heavy atom. The summed E-state index contributed by atoms with van der Waals surface area (Å²) < 4.78 is 5.84. The zero-order valence-electron chi connectivity index (χ0n) is 12.9. The fourth-order valence-electron chi connectivity index (χ4n) is 2.16. The number of methoxy groups -OCH3 is 1. The van der Waals surface area contributed by atoms with E-state index in [1.54, 1.807) is 18.2 Å². The van der Waals surface area contributed by atoms with Crippen LogP contribution in [0.5, 0.6) is 0 Å². The van der Waals surface area contributed by atoms with Crippen molar-refractivity contribution in [3.8, 4) is 11.1 Å². The second kappa shape index (κ2) is 7.04. The number of halogens is 2. The molecule has 25 heavy (non-hydrogen) atoms. The van der Waals surface area contributed by atoms with Gasteiger partial charge in [-0.05, 0) is 18.2 Å². The lowest BCUT2D eigenvalue weighted by molar-refractivity contribution is -0.139. The summed E-state index contributed by atoms with van der Waals surface area (Å²) in [6.07, 6.45) is 1.36. The Bertz CT molecular complexity index is 973. The summed E-state index contributed by atoms with van der Waals surface area (Å²) in [7, 11) is 1.23. The Balaban J connectivity index is 2.05. The molecule has 2 heterocycles. The van der Waals surface area contributed by atoms with Gasteiger partial charge in [0.05, 0.1) is 12.1 Å². The first-order chi connectivity index (χ1) is 12.0. The lowest BCUT2D eigenvalue weighted by Crippen LogP contribution is -2.31. The molecule has 0 aliphatic carbocycles. The highest BCUT2D eigenvalue weighted by molar-refractivity contribution is 6.36. The number of esters is 1. The molecule has 3 aromatic rings. The average molecular weight is 380 g/mol. The fourth-order valence-corrected chi connectivity index (χ4v) is 2.67. The van der Waals surface area contributed by atoms with Crippen molar-refractivity contribution in [3.05, 3.63) is 46.3 Å². The second-order valence-electron chi connectivity index (χ2n) is 4.93. The van der Waals surface area contributed by atoms with E-state index in [2.05, 4.69) is 25.3 Å². The van der Waals surface area contributed by atoms with E-state index >= 15 is 0 Å². The highest BCUT2D eigenvalue weighted by atomic mass is 35.5. The minimum atomic E-state index is -0.570. The topological polar surface area (TPSA) is 98.5 Å². The van der Waals surface area contributed by atoms with Gasteiger partial charge >= 0.3 is 5.97 Å². The molecule has 128 valence electrons. The molecule has 10 heteroatoms. The van der Waals surface area contributed by atoms with Crippen LogP contribution in [0, 0.1) is 0 Å². The second-order valence-corrected chi connectivity index (χ2v) is 5.77. The van der Waals surface area contributed by atoms with Gasteiger partial charge < -0.3 is 10.1 Å². The lowest BCUT2D eigenvalue weighted by atomic mass is 10.1. The average Bonchev–Trinajstić information content (AvgIpc) is 3.07. The predicted molar refractivity (Wildman–Crippen MR) is 90.6 cm³/mol. The van der Waals surface area contributed by atoms with Crippen molar-refractivity contribution in [1.29, 1.82) is 0 Å². The van der Waals surface area contributed by atoms with Gasteiger partial charge in [0, 0.05) is 16.1 Å². The standard InChI is InChI=1S/C15H11Cl2N5O3/c1-25-13(23)6-18-15(24)12-5-10(14-20-19-7-22(14)21-12)9-3-2-8(16)4-11(9)17/h2-5,7H,6H2,1H3,(H,18,24). The van der Waals surface area contributed by atoms with E-state index in [4.69, 9.17) is 23.2 Å². The summed E-state index contributed by atoms with van der Waals surface area (Å²) in [4.78, 5) is 23.4.